The summed E-state index contributed by atoms with van der Waals surface area (Å²) >= 11 is 1.67. The second-order valence-electron chi connectivity index (χ2n) is 27.1. The summed E-state index contributed by atoms with van der Waals surface area (Å²) < 4.78 is 0.964. The third-order valence-corrected chi connectivity index (χ3v) is 14.1. The van der Waals surface area contributed by atoms with Crippen LogP contribution in [-0.4, -0.2) is 11.6 Å². The lowest BCUT2D eigenvalue weighted by molar-refractivity contribution is -0.272. The summed E-state index contributed by atoms with van der Waals surface area (Å²) in [6, 6.07) is 8.41. The molecular formula is C60H80O4S-2. The van der Waals surface area contributed by atoms with Gasteiger partial charge in [0.05, 0.1) is 0 Å². The second kappa shape index (κ2) is 16.2. The van der Waals surface area contributed by atoms with Crippen LogP contribution < -0.4 is 20.0 Å². The highest BCUT2D eigenvalue weighted by molar-refractivity contribution is 7.14. The van der Waals surface area contributed by atoms with Gasteiger partial charge in [0.25, 0.3) is 0 Å². The lowest BCUT2D eigenvalue weighted by atomic mass is 9.71. The van der Waals surface area contributed by atoms with Crippen LogP contribution >= 0.6 is 11.3 Å². The molecule has 5 rings (SSSR count). The summed E-state index contributed by atoms with van der Waals surface area (Å²) in [6.07, 6.45) is 8.41. The summed E-state index contributed by atoms with van der Waals surface area (Å²) in [7, 11) is 0. The zero-order chi connectivity index (χ0) is 49.9. The summed E-state index contributed by atoms with van der Waals surface area (Å²) in [5.74, 6) is 0.202. The smallest absolute Gasteiger partial charge is 0.186 e. The Kier molecular flexibility index (Phi) is 12.9. The standard InChI is InChI=1S/C60H82O4S/c1-53(2,3)37-25-33(26-38(47(37)61)54(4,5)6)45-46(34-27-39(55(7,8)9)48(62)40(28-34)56(10,11)12)52(36-31-43(59(19,20)21)50(64)44(32-36)60(22,23)24)65-51(45)35-29-41(57(13,14)15)49(63)42(30-35)58(16,17)18/h25-32,61,63H,1-24H3/p-2. The van der Waals surface area contributed by atoms with Gasteiger partial charge >= 0.3 is 0 Å². The second-order valence-corrected chi connectivity index (χ2v) is 28.1. The van der Waals surface area contributed by atoms with Crippen LogP contribution in [0.1, 0.15) is 188 Å². The first-order valence-corrected chi connectivity index (χ1v) is 24.4. The number of hydrogen-bond acceptors (Lipinski definition) is 5. The van der Waals surface area contributed by atoms with E-state index in [9.17, 15) is 19.8 Å². The van der Waals surface area contributed by atoms with Gasteiger partial charge in [-0.25, -0.2) is 0 Å². The molecule has 0 aliphatic heterocycles. The number of hydrogen-bond donors (Lipinski definition) is 0. The molecule has 0 radical (unpaired) electrons. The molecule has 65 heavy (non-hydrogen) atoms. The van der Waals surface area contributed by atoms with Gasteiger partial charge in [-0.3, -0.25) is 9.59 Å². The molecule has 0 unspecified atom stereocenters. The number of ketones is 2. The highest BCUT2D eigenvalue weighted by Gasteiger charge is 2.37. The molecule has 0 saturated carbocycles. The van der Waals surface area contributed by atoms with E-state index in [0.29, 0.717) is 0 Å². The van der Waals surface area contributed by atoms with E-state index in [1.807, 2.05) is 0 Å². The highest BCUT2D eigenvalue weighted by atomic mass is 32.1. The monoisotopic (exact) mass is 897 g/mol. The summed E-state index contributed by atoms with van der Waals surface area (Å²) in [5.41, 5.74) is 6.72. The molecular weight excluding hydrogens is 817 g/mol. The maximum absolute atomic E-state index is 14.7. The van der Waals surface area contributed by atoms with Crippen molar-refractivity contribution in [1.29, 1.82) is 0 Å². The maximum Gasteiger partial charge on any atom is 0.186 e. The van der Waals surface area contributed by atoms with Gasteiger partial charge in [-0.2, -0.15) is 0 Å². The van der Waals surface area contributed by atoms with Crippen molar-refractivity contribution in [3.8, 4) is 33.1 Å². The van der Waals surface area contributed by atoms with Crippen molar-refractivity contribution in [3.63, 3.8) is 0 Å². The Morgan fingerprint density at radius 2 is 0.631 bits per heavy atom. The number of thiophene rings is 1. The van der Waals surface area contributed by atoms with Gasteiger partial charge in [0, 0.05) is 42.5 Å². The third-order valence-electron chi connectivity index (χ3n) is 12.8. The average molecular weight is 897 g/mol. The minimum absolute atomic E-state index is 0.0458. The number of benzene rings is 2. The van der Waals surface area contributed by atoms with Crippen LogP contribution in [0.4, 0.5) is 0 Å². The van der Waals surface area contributed by atoms with E-state index in [1.165, 1.54) is 0 Å². The van der Waals surface area contributed by atoms with Gasteiger partial charge in [0.2, 0.25) is 0 Å². The van der Waals surface area contributed by atoms with Crippen LogP contribution in [0.2, 0.25) is 0 Å². The van der Waals surface area contributed by atoms with Crippen molar-refractivity contribution in [2.24, 2.45) is 21.7 Å². The number of allylic oxidation sites excluding steroid dienone is 8. The molecule has 0 atom stereocenters. The predicted octanol–water partition coefficient (Wildman–Crippen LogP) is 13.8. The first kappa shape index (κ1) is 51.8. The molecule has 0 amide bonds. The Labute approximate surface area is 397 Å². The van der Waals surface area contributed by atoms with Crippen molar-refractivity contribution in [3.05, 3.63) is 103 Å². The number of carbonyl (C=O) groups excluding carboxylic acids is 2. The fourth-order valence-electron chi connectivity index (χ4n) is 8.91. The first-order valence-electron chi connectivity index (χ1n) is 23.6. The van der Waals surface area contributed by atoms with Gasteiger partial charge in [-0.1, -0.05) is 190 Å². The quantitative estimate of drug-likeness (QED) is 0.257. The topological polar surface area (TPSA) is 80.3 Å². The normalized spacial score (nSPS) is 16.5. The molecule has 2 aliphatic rings. The summed E-state index contributed by atoms with van der Waals surface area (Å²) in [6.45, 7) is 50.4. The van der Waals surface area contributed by atoms with Crippen molar-refractivity contribution in [1.82, 2.24) is 0 Å². The van der Waals surface area contributed by atoms with E-state index in [-0.39, 0.29) is 23.1 Å². The van der Waals surface area contributed by atoms with E-state index in [0.717, 1.165) is 87.0 Å². The summed E-state index contributed by atoms with van der Waals surface area (Å²) in [5, 5.41) is 30.2. The van der Waals surface area contributed by atoms with Crippen LogP contribution in [0.5, 0.6) is 11.5 Å². The Morgan fingerprint density at radius 3 is 0.892 bits per heavy atom. The minimum Gasteiger partial charge on any atom is -0.872 e. The van der Waals surface area contributed by atoms with E-state index < -0.39 is 43.3 Å². The molecule has 4 nitrogen and oxygen atoms in total. The molecule has 0 fully saturated rings. The van der Waals surface area contributed by atoms with Gasteiger partial charge in [-0.15, -0.1) is 22.8 Å². The third kappa shape index (κ3) is 10.2. The van der Waals surface area contributed by atoms with E-state index in [4.69, 9.17) is 0 Å². The number of Topliss-reactive ketones (excluding diaryl/α,β-unsaturated/α-hetero) is 2. The van der Waals surface area contributed by atoms with Crippen LogP contribution in [0, 0.1) is 21.7 Å². The van der Waals surface area contributed by atoms with E-state index >= 15 is 0 Å². The first-order chi connectivity index (χ1) is 29.0. The molecule has 2 aromatic carbocycles. The molecule has 0 saturated heterocycles. The largest absolute Gasteiger partial charge is 0.872 e. The lowest BCUT2D eigenvalue weighted by Gasteiger charge is -2.35. The van der Waals surface area contributed by atoms with Crippen LogP contribution in [0.15, 0.2) is 70.9 Å². The van der Waals surface area contributed by atoms with Crippen molar-refractivity contribution < 1.29 is 19.8 Å². The Morgan fingerprint density at radius 1 is 0.369 bits per heavy atom. The fraction of sp³-hybridized carbons (Fsp3) is 0.533. The number of rotatable bonds is 2. The molecule has 0 spiro atoms. The molecule has 352 valence electrons. The SMILES string of the molecule is CC(C)(C)C1=CC(=c2sc(-c3cc(C(C)(C)C)c([O-])c(C(C)(C)C)c3)c(-c3cc(C(C)(C)C)c([O-])c(C(C)(C)C)c3)c2=C2C=C(C(C)(C)C)C(=O)C(C(C)(C)C)=C2)C=C(C(C)(C)C)C1=O. The van der Waals surface area contributed by atoms with Crippen LogP contribution in [0.25, 0.3) is 32.7 Å². The number of carbonyl (C=O) groups is 2. The van der Waals surface area contributed by atoms with Crippen molar-refractivity contribution in [2.75, 3.05) is 0 Å². The Bertz CT molecular complexity index is 2590. The molecule has 2 aliphatic carbocycles. The van der Waals surface area contributed by atoms with Crippen molar-refractivity contribution in [2.45, 2.75) is 188 Å². The average Bonchev–Trinajstić information content (AvgIpc) is 3.48. The molecule has 5 heteroatoms. The Hall–Kier alpha value is -4.22. The summed E-state index contributed by atoms with van der Waals surface area (Å²) in [4.78, 5) is 30.2. The molecule has 1 heterocycles. The zero-order valence-corrected chi connectivity index (χ0v) is 45.5. The lowest BCUT2D eigenvalue weighted by Crippen LogP contribution is -2.33. The molecule has 3 aromatic rings. The highest BCUT2D eigenvalue weighted by Crippen LogP contribution is 2.48. The maximum atomic E-state index is 14.7. The zero-order valence-electron chi connectivity index (χ0n) is 44.7. The predicted molar refractivity (Wildman–Crippen MR) is 275 cm³/mol. The van der Waals surface area contributed by atoms with Crippen LogP contribution in [0.3, 0.4) is 0 Å². The molecule has 1 aromatic heterocycles. The van der Waals surface area contributed by atoms with Crippen molar-refractivity contribution >= 4 is 34.0 Å². The van der Waals surface area contributed by atoms with Crippen LogP contribution in [-0.2, 0) is 31.2 Å². The van der Waals surface area contributed by atoms with E-state index in [2.05, 4.69) is 215 Å². The molecule has 0 bridgehead atoms. The van der Waals surface area contributed by atoms with Gasteiger partial charge in [-0.05, 0) is 112 Å². The van der Waals surface area contributed by atoms with Gasteiger partial charge < -0.3 is 10.2 Å². The molecule has 0 N–H and O–H groups in total. The Balaban J connectivity index is 2.37. The minimum atomic E-state index is -0.481. The van der Waals surface area contributed by atoms with Gasteiger partial charge in [0.1, 0.15) is 0 Å². The van der Waals surface area contributed by atoms with Gasteiger partial charge in [0.15, 0.2) is 11.6 Å². The fourth-order valence-corrected chi connectivity index (χ4v) is 10.2. The van der Waals surface area contributed by atoms with E-state index in [1.54, 1.807) is 11.3 Å².